The minimum absolute atomic E-state index is 0.616. The van der Waals surface area contributed by atoms with E-state index in [1.165, 1.54) is 0 Å². The smallest absolute Gasteiger partial charge is 0.0193 e. The van der Waals surface area contributed by atoms with Crippen LogP contribution >= 0.6 is 23.5 Å². The van der Waals surface area contributed by atoms with Crippen molar-refractivity contribution in [3.05, 3.63) is 24.8 Å². The summed E-state index contributed by atoms with van der Waals surface area (Å²) in [4.78, 5) is 0. The largest absolute Gasteiger partial charge is 0.161 e. The molecule has 72 valence electrons. The number of hydrogen-bond acceptors (Lipinski definition) is 2. The average molecular weight is 204 g/mol. The molecule has 0 N–H and O–H groups in total. The Hall–Kier alpha value is 0.180. The predicted molar refractivity (Wildman–Crippen MR) is 66.4 cm³/mol. The SMILES string of the molecule is C/C=C\CSC.C=CC(C)SC. The Morgan fingerprint density at radius 2 is 2.00 bits per heavy atom. The quantitative estimate of drug-likeness (QED) is 0.638. The summed E-state index contributed by atoms with van der Waals surface area (Å²) < 4.78 is 0. The number of allylic oxidation sites excluding steroid dienone is 1. The van der Waals surface area contributed by atoms with E-state index in [1.54, 1.807) is 11.8 Å². The molecule has 0 radical (unpaired) electrons. The van der Waals surface area contributed by atoms with E-state index in [-0.39, 0.29) is 0 Å². The van der Waals surface area contributed by atoms with E-state index >= 15 is 0 Å². The van der Waals surface area contributed by atoms with Gasteiger partial charge in [-0.1, -0.05) is 18.2 Å². The van der Waals surface area contributed by atoms with Crippen molar-refractivity contribution in [3.63, 3.8) is 0 Å². The maximum absolute atomic E-state index is 3.61. The van der Waals surface area contributed by atoms with Crippen molar-refractivity contribution in [1.82, 2.24) is 0 Å². The molecule has 0 rings (SSSR count). The van der Waals surface area contributed by atoms with Gasteiger partial charge >= 0.3 is 0 Å². The first-order valence-electron chi connectivity index (χ1n) is 3.98. The van der Waals surface area contributed by atoms with E-state index < -0.39 is 0 Å². The fourth-order valence-electron chi connectivity index (χ4n) is 0.289. The molecule has 2 heteroatoms. The zero-order valence-electron chi connectivity index (χ0n) is 8.54. The summed E-state index contributed by atoms with van der Waals surface area (Å²) in [6.07, 6.45) is 10.3. The number of thioether (sulfide) groups is 2. The van der Waals surface area contributed by atoms with Crippen LogP contribution in [0.4, 0.5) is 0 Å². The summed E-state index contributed by atoms with van der Waals surface area (Å²) in [6, 6.07) is 0. The molecule has 0 aliphatic rings. The van der Waals surface area contributed by atoms with Crippen LogP contribution in [0.25, 0.3) is 0 Å². The highest BCUT2D eigenvalue weighted by Gasteiger charge is 1.84. The van der Waals surface area contributed by atoms with E-state index in [0.29, 0.717) is 5.25 Å². The Balaban J connectivity index is 0. The standard InChI is InChI=1S/2C5H10S/c1-4-5(2)6-3;1-3-4-5-6-2/h4-5H,1H2,2-3H3;3-4H,5H2,1-2H3/b;4-3-. The van der Waals surface area contributed by atoms with Gasteiger partial charge in [-0.2, -0.15) is 23.5 Å². The van der Waals surface area contributed by atoms with Gasteiger partial charge in [0.15, 0.2) is 0 Å². The Morgan fingerprint density at radius 1 is 1.42 bits per heavy atom. The van der Waals surface area contributed by atoms with Gasteiger partial charge in [-0.3, -0.25) is 0 Å². The van der Waals surface area contributed by atoms with Gasteiger partial charge in [-0.25, -0.2) is 0 Å². The summed E-state index contributed by atoms with van der Waals surface area (Å²) in [5.74, 6) is 1.15. The van der Waals surface area contributed by atoms with Gasteiger partial charge in [-0.15, -0.1) is 6.58 Å². The normalized spacial score (nSPS) is 12.0. The second-order valence-electron chi connectivity index (χ2n) is 2.20. The van der Waals surface area contributed by atoms with Crippen LogP contribution in [0, 0.1) is 0 Å². The predicted octanol–water partition coefficient (Wildman–Crippen LogP) is 3.85. The molecule has 0 aliphatic carbocycles. The van der Waals surface area contributed by atoms with Gasteiger partial charge in [0.05, 0.1) is 0 Å². The Bertz CT molecular complexity index is 108. The van der Waals surface area contributed by atoms with Gasteiger partial charge in [0.1, 0.15) is 0 Å². The molecule has 0 aromatic carbocycles. The summed E-state index contributed by atoms with van der Waals surface area (Å²) in [5, 5.41) is 0.616. The molecule has 1 unspecified atom stereocenters. The molecular weight excluding hydrogens is 184 g/mol. The molecule has 12 heavy (non-hydrogen) atoms. The molecular formula is C10H20S2. The van der Waals surface area contributed by atoms with Crippen LogP contribution in [0.2, 0.25) is 0 Å². The molecule has 0 nitrogen and oxygen atoms in total. The first-order valence-corrected chi connectivity index (χ1v) is 6.66. The van der Waals surface area contributed by atoms with E-state index in [0.717, 1.165) is 5.75 Å². The van der Waals surface area contributed by atoms with Gasteiger partial charge in [0.25, 0.3) is 0 Å². The van der Waals surface area contributed by atoms with Crippen molar-refractivity contribution in [2.45, 2.75) is 19.1 Å². The van der Waals surface area contributed by atoms with Gasteiger partial charge < -0.3 is 0 Å². The lowest BCUT2D eigenvalue weighted by Crippen LogP contribution is -1.83. The third kappa shape index (κ3) is 16.6. The maximum Gasteiger partial charge on any atom is 0.0193 e. The Labute approximate surface area is 85.9 Å². The van der Waals surface area contributed by atoms with Crippen LogP contribution in [0.15, 0.2) is 24.8 Å². The van der Waals surface area contributed by atoms with Crippen LogP contribution in [0.1, 0.15) is 13.8 Å². The summed E-state index contributed by atoms with van der Waals surface area (Å²) in [6.45, 7) is 7.77. The van der Waals surface area contributed by atoms with Crippen LogP contribution < -0.4 is 0 Å². The molecule has 0 saturated carbocycles. The lowest BCUT2D eigenvalue weighted by Gasteiger charge is -1.94. The van der Waals surface area contributed by atoms with E-state index in [4.69, 9.17) is 0 Å². The molecule has 0 amide bonds. The fraction of sp³-hybridized carbons (Fsp3) is 0.600. The topological polar surface area (TPSA) is 0 Å². The average Bonchev–Trinajstić information content (AvgIpc) is 2.14. The molecule has 0 aromatic rings. The zero-order chi connectivity index (χ0) is 9.82. The van der Waals surface area contributed by atoms with Crippen molar-refractivity contribution in [3.8, 4) is 0 Å². The van der Waals surface area contributed by atoms with Gasteiger partial charge in [-0.05, 0) is 26.4 Å². The Morgan fingerprint density at radius 3 is 2.08 bits per heavy atom. The van der Waals surface area contributed by atoms with Crippen LogP contribution in [-0.2, 0) is 0 Å². The van der Waals surface area contributed by atoms with E-state index in [1.807, 2.05) is 24.8 Å². The first kappa shape index (κ1) is 14.7. The molecule has 0 spiro atoms. The van der Waals surface area contributed by atoms with Crippen LogP contribution in [0.5, 0.6) is 0 Å². The monoisotopic (exact) mass is 204 g/mol. The first-order chi connectivity index (χ1) is 5.72. The fourth-order valence-corrected chi connectivity index (χ4v) is 0.866. The second kappa shape index (κ2) is 13.7. The number of rotatable bonds is 4. The lowest BCUT2D eigenvalue weighted by molar-refractivity contribution is 1.26. The maximum atomic E-state index is 3.61. The zero-order valence-corrected chi connectivity index (χ0v) is 10.2. The molecule has 0 heterocycles. The third-order valence-electron chi connectivity index (χ3n) is 1.20. The minimum atomic E-state index is 0.616. The summed E-state index contributed by atoms with van der Waals surface area (Å²) >= 11 is 3.65. The molecule has 0 aliphatic heterocycles. The van der Waals surface area contributed by atoms with E-state index in [2.05, 4.69) is 38.2 Å². The highest BCUT2D eigenvalue weighted by molar-refractivity contribution is 7.99. The minimum Gasteiger partial charge on any atom is -0.161 e. The number of hydrogen-bond donors (Lipinski definition) is 0. The molecule has 1 atom stereocenters. The summed E-state index contributed by atoms with van der Waals surface area (Å²) in [7, 11) is 0. The van der Waals surface area contributed by atoms with Crippen molar-refractivity contribution >= 4 is 23.5 Å². The highest BCUT2D eigenvalue weighted by Crippen LogP contribution is 2.03. The van der Waals surface area contributed by atoms with Gasteiger partial charge in [0, 0.05) is 11.0 Å². The third-order valence-corrected chi connectivity index (χ3v) is 2.66. The summed E-state index contributed by atoms with van der Waals surface area (Å²) in [5.41, 5.74) is 0. The Kier molecular flexibility index (Phi) is 16.8. The highest BCUT2D eigenvalue weighted by atomic mass is 32.2. The molecule has 0 fully saturated rings. The van der Waals surface area contributed by atoms with Gasteiger partial charge in [0.2, 0.25) is 0 Å². The van der Waals surface area contributed by atoms with Crippen molar-refractivity contribution in [1.29, 1.82) is 0 Å². The molecule has 0 saturated heterocycles. The van der Waals surface area contributed by atoms with Crippen molar-refractivity contribution < 1.29 is 0 Å². The van der Waals surface area contributed by atoms with Crippen LogP contribution in [-0.4, -0.2) is 23.5 Å². The van der Waals surface area contributed by atoms with Crippen LogP contribution in [0.3, 0.4) is 0 Å². The second-order valence-corrected chi connectivity index (χ2v) is 4.33. The molecule has 0 aromatic heterocycles. The van der Waals surface area contributed by atoms with Crippen molar-refractivity contribution in [2.75, 3.05) is 18.3 Å². The lowest BCUT2D eigenvalue weighted by atomic mass is 10.5. The van der Waals surface area contributed by atoms with Crippen molar-refractivity contribution in [2.24, 2.45) is 0 Å². The van der Waals surface area contributed by atoms with E-state index in [9.17, 15) is 0 Å². The molecule has 0 bridgehead atoms.